The third-order valence-corrected chi connectivity index (χ3v) is 4.94. The molecule has 1 saturated heterocycles. The molecule has 3 rings (SSSR count). The second kappa shape index (κ2) is 5.62. The molecule has 2 N–H and O–H groups in total. The van der Waals surface area contributed by atoms with Gasteiger partial charge in [-0.15, -0.1) is 0 Å². The molecule has 0 aromatic rings. The number of likely N-dealkylation sites (tertiary alicyclic amines) is 1. The first-order valence-corrected chi connectivity index (χ1v) is 7.86. The van der Waals surface area contributed by atoms with E-state index in [2.05, 4.69) is 10.2 Å². The Morgan fingerprint density at radius 3 is 2.65 bits per heavy atom. The standard InChI is InChI=1S/C15H26N2O3/c1-20-9-11-6-7-17(8-11)10-15(14(18)19,12-2-3-12)16-13-4-5-13/h11-13,16H,2-10H2,1H3,(H,18,19). The summed E-state index contributed by atoms with van der Waals surface area (Å²) in [4.78, 5) is 14.3. The van der Waals surface area contributed by atoms with Crippen LogP contribution in [-0.4, -0.2) is 60.9 Å². The molecule has 3 fully saturated rings. The summed E-state index contributed by atoms with van der Waals surface area (Å²) < 4.78 is 5.23. The average molecular weight is 282 g/mol. The lowest BCUT2D eigenvalue weighted by atomic mass is 9.92. The normalized spacial score (nSPS) is 30.4. The van der Waals surface area contributed by atoms with Gasteiger partial charge in [-0.05, 0) is 50.5 Å². The number of carbonyl (C=O) groups is 1. The molecule has 0 spiro atoms. The maximum atomic E-state index is 11.9. The van der Waals surface area contributed by atoms with E-state index in [1.807, 2.05) is 0 Å². The first-order valence-electron chi connectivity index (χ1n) is 7.86. The number of hydrogen-bond acceptors (Lipinski definition) is 4. The van der Waals surface area contributed by atoms with Crippen molar-refractivity contribution in [3.05, 3.63) is 0 Å². The van der Waals surface area contributed by atoms with Crippen molar-refractivity contribution in [1.29, 1.82) is 0 Å². The van der Waals surface area contributed by atoms with Crippen LogP contribution in [0.15, 0.2) is 0 Å². The molecular weight excluding hydrogens is 256 g/mol. The zero-order valence-corrected chi connectivity index (χ0v) is 12.3. The van der Waals surface area contributed by atoms with Gasteiger partial charge in [0.1, 0.15) is 5.54 Å². The number of aliphatic carboxylic acids is 1. The minimum absolute atomic E-state index is 0.321. The SMILES string of the molecule is COCC1CCN(CC(NC2CC2)(C(=O)O)C2CC2)C1. The van der Waals surface area contributed by atoms with Crippen molar-refractivity contribution >= 4 is 5.97 Å². The maximum absolute atomic E-state index is 11.9. The number of nitrogens with one attached hydrogen (secondary N) is 1. The Kier molecular flexibility index (Phi) is 4.02. The minimum Gasteiger partial charge on any atom is -0.480 e. The molecule has 2 unspecified atom stereocenters. The Morgan fingerprint density at radius 2 is 2.10 bits per heavy atom. The highest BCUT2D eigenvalue weighted by Gasteiger charge is 2.54. The van der Waals surface area contributed by atoms with Gasteiger partial charge in [-0.25, -0.2) is 0 Å². The largest absolute Gasteiger partial charge is 0.480 e. The van der Waals surface area contributed by atoms with Gasteiger partial charge in [0.05, 0.1) is 6.61 Å². The molecule has 0 amide bonds. The molecule has 114 valence electrons. The zero-order valence-electron chi connectivity index (χ0n) is 12.3. The van der Waals surface area contributed by atoms with Crippen molar-refractivity contribution < 1.29 is 14.6 Å². The van der Waals surface area contributed by atoms with Crippen LogP contribution in [0.3, 0.4) is 0 Å². The predicted molar refractivity (Wildman–Crippen MR) is 75.7 cm³/mol. The van der Waals surface area contributed by atoms with Crippen LogP contribution in [-0.2, 0) is 9.53 Å². The molecule has 5 heteroatoms. The number of methoxy groups -OCH3 is 1. The van der Waals surface area contributed by atoms with Gasteiger partial charge in [-0.2, -0.15) is 0 Å². The summed E-state index contributed by atoms with van der Waals surface area (Å²) in [5.41, 5.74) is -0.705. The van der Waals surface area contributed by atoms with Gasteiger partial charge in [0.25, 0.3) is 0 Å². The monoisotopic (exact) mass is 282 g/mol. The van der Waals surface area contributed by atoms with Crippen molar-refractivity contribution in [2.24, 2.45) is 11.8 Å². The molecule has 3 aliphatic rings. The quantitative estimate of drug-likeness (QED) is 0.694. The number of nitrogens with zero attached hydrogens (tertiary/aromatic N) is 1. The highest BCUT2D eigenvalue weighted by molar-refractivity contribution is 5.80. The molecule has 1 aliphatic heterocycles. The molecular formula is C15H26N2O3. The Bertz CT molecular complexity index is 368. The molecule has 0 radical (unpaired) electrons. The molecule has 2 atom stereocenters. The second-order valence-corrected chi connectivity index (χ2v) is 6.81. The molecule has 2 saturated carbocycles. The van der Waals surface area contributed by atoms with E-state index >= 15 is 0 Å². The van der Waals surface area contributed by atoms with Crippen molar-refractivity contribution in [3.63, 3.8) is 0 Å². The fourth-order valence-corrected chi connectivity index (χ4v) is 3.55. The Labute approximate surface area is 120 Å². The number of ether oxygens (including phenoxy) is 1. The van der Waals surface area contributed by atoms with Crippen LogP contribution in [0, 0.1) is 11.8 Å². The van der Waals surface area contributed by atoms with Crippen LogP contribution < -0.4 is 5.32 Å². The van der Waals surface area contributed by atoms with E-state index in [-0.39, 0.29) is 0 Å². The first kappa shape index (κ1) is 14.3. The predicted octanol–water partition coefficient (Wildman–Crippen LogP) is 0.940. The second-order valence-electron chi connectivity index (χ2n) is 6.81. The smallest absolute Gasteiger partial charge is 0.325 e. The number of carboxylic acid groups (broad SMARTS) is 1. The van der Waals surface area contributed by atoms with Gasteiger partial charge in [-0.1, -0.05) is 0 Å². The summed E-state index contributed by atoms with van der Waals surface area (Å²) in [6, 6.07) is 0.434. The van der Waals surface area contributed by atoms with Crippen LogP contribution in [0.4, 0.5) is 0 Å². The van der Waals surface area contributed by atoms with E-state index in [4.69, 9.17) is 4.74 Å². The van der Waals surface area contributed by atoms with E-state index in [1.165, 1.54) is 0 Å². The summed E-state index contributed by atoms with van der Waals surface area (Å²) in [5, 5.41) is 13.3. The fourth-order valence-electron chi connectivity index (χ4n) is 3.55. The molecule has 5 nitrogen and oxygen atoms in total. The van der Waals surface area contributed by atoms with Gasteiger partial charge < -0.3 is 14.7 Å². The Morgan fingerprint density at radius 1 is 1.35 bits per heavy atom. The van der Waals surface area contributed by atoms with E-state index in [0.717, 1.165) is 51.8 Å². The van der Waals surface area contributed by atoms with Gasteiger partial charge in [0, 0.05) is 26.2 Å². The number of carboxylic acids is 1. The molecule has 0 aromatic heterocycles. The maximum Gasteiger partial charge on any atom is 0.325 e. The van der Waals surface area contributed by atoms with Gasteiger partial charge in [0.15, 0.2) is 0 Å². The molecule has 20 heavy (non-hydrogen) atoms. The minimum atomic E-state index is -0.705. The fraction of sp³-hybridized carbons (Fsp3) is 0.933. The summed E-state index contributed by atoms with van der Waals surface area (Å²) in [6.45, 7) is 3.42. The van der Waals surface area contributed by atoms with Crippen molar-refractivity contribution in [2.75, 3.05) is 33.4 Å². The lowest BCUT2D eigenvalue weighted by Crippen LogP contribution is -2.61. The van der Waals surface area contributed by atoms with Crippen LogP contribution in [0.5, 0.6) is 0 Å². The van der Waals surface area contributed by atoms with Gasteiger partial charge in [0.2, 0.25) is 0 Å². The molecule has 0 aromatic carbocycles. The topological polar surface area (TPSA) is 61.8 Å². The highest BCUT2D eigenvalue weighted by Crippen LogP contribution is 2.42. The van der Waals surface area contributed by atoms with Crippen molar-refractivity contribution in [2.45, 2.75) is 43.7 Å². The van der Waals surface area contributed by atoms with Crippen LogP contribution in [0.2, 0.25) is 0 Å². The third-order valence-electron chi connectivity index (χ3n) is 4.94. The number of rotatable bonds is 8. The van der Waals surface area contributed by atoms with Crippen molar-refractivity contribution in [3.8, 4) is 0 Å². The van der Waals surface area contributed by atoms with E-state index < -0.39 is 11.5 Å². The third kappa shape index (κ3) is 3.00. The zero-order chi connectivity index (χ0) is 14.2. The Hall–Kier alpha value is -0.650. The van der Waals surface area contributed by atoms with Crippen LogP contribution in [0.1, 0.15) is 32.1 Å². The summed E-state index contributed by atoms with van der Waals surface area (Å²) in [6.07, 6.45) is 5.50. The summed E-state index contributed by atoms with van der Waals surface area (Å²) >= 11 is 0. The Balaban J connectivity index is 1.65. The van der Waals surface area contributed by atoms with E-state index in [0.29, 0.717) is 24.4 Å². The molecule has 0 bridgehead atoms. The average Bonchev–Trinajstić information content (AvgIpc) is 3.30. The van der Waals surface area contributed by atoms with Crippen molar-refractivity contribution in [1.82, 2.24) is 10.2 Å². The lowest BCUT2D eigenvalue weighted by molar-refractivity contribution is -0.147. The van der Waals surface area contributed by atoms with E-state index in [1.54, 1.807) is 7.11 Å². The summed E-state index contributed by atoms with van der Waals surface area (Å²) in [5.74, 6) is 0.232. The molecule has 1 heterocycles. The van der Waals surface area contributed by atoms with Crippen LogP contribution >= 0.6 is 0 Å². The first-order chi connectivity index (χ1) is 9.64. The van der Waals surface area contributed by atoms with Gasteiger partial charge in [-0.3, -0.25) is 10.1 Å². The lowest BCUT2D eigenvalue weighted by Gasteiger charge is -2.35. The van der Waals surface area contributed by atoms with Crippen LogP contribution in [0.25, 0.3) is 0 Å². The highest BCUT2D eigenvalue weighted by atomic mass is 16.5. The summed E-state index contributed by atoms with van der Waals surface area (Å²) in [7, 11) is 1.74. The van der Waals surface area contributed by atoms with Gasteiger partial charge >= 0.3 is 5.97 Å². The van der Waals surface area contributed by atoms with E-state index in [9.17, 15) is 9.90 Å². The molecule has 2 aliphatic carbocycles. The number of hydrogen-bond donors (Lipinski definition) is 2.